The number of likely N-dealkylation sites (N-methyl/N-ethyl adjacent to an activating group) is 1. The van der Waals surface area contributed by atoms with Crippen molar-refractivity contribution in [2.75, 3.05) is 25.5 Å². The minimum atomic E-state index is -1.67. The molecule has 0 unspecified atom stereocenters. The minimum absolute atomic E-state index is 0.131. The molecule has 0 aromatic heterocycles. The lowest BCUT2D eigenvalue weighted by Crippen LogP contribution is -2.49. The van der Waals surface area contributed by atoms with Crippen molar-refractivity contribution in [3.8, 4) is 0 Å². The van der Waals surface area contributed by atoms with Crippen LogP contribution < -0.4 is 0 Å². The average molecular weight is 456 g/mol. The Kier molecular flexibility index (Phi) is 16.5. The first-order valence-corrected chi connectivity index (χ1v) is 11.1. The second-order valence-corrected chi connectivity index (χ2v) is 7.99. The molecular weight excluding hydrogens is 418 g/mol. The van der Waals surface area contributed by atoms with Gasteiger partial charge in [-0.1, -0.05) is 60.9 Å². The van der Waals surface area contributed by atoms with E-state index in [2.05, 4.69) is 15.9 Å². The van der Waals surface area contributed by atoms with Crippen molar-refractivity contribution in [2.45, 2.75) is 88.6 Å². The Bertz CT molecular complexity index is 374. The molecule has 162 valence electrons. The van der Waals surface area contributed by atoms with Gasteiger partial charge in [0.05, 0.1) is 6.61 Å². The fraction of sp³-hybridized carbons (Fsp3) is 0.947. The third kappa shape index (κ3) is 12.8. The molecule has 5 N–H and O–H groups in total. The van der Waals surface area contributed by atoms with E-state index in [9.17, 15) is 25.2 Å². The lowest BCUT2D eigenvalue weighted by Gasteiger charge is -2.28. The Balaban J connectivity index is 3.83. The number of carbonyl (C=O) groups excluding carboxylic acids is 1. The molecule has 0 aliphatic rings. The van der Waals surface area contributed by atoms with Crippen LogP contribution in [0.1, 0.15) is 64.2 Å². The maximum atomic E-state index is 12.1. The highest BCUT2D eigenvalue weighted by Gasteiger charge is 2.31. The zero-order valence-electron chi connectivity index (χ0n) is 16.5. The molecule has 0 saturated heterocycles. The van der Waals surface area contributed by atoms with Gasteiger partial charge in [-0.3, -0.25) is 4.79 Å². The largest absolute Gasteiger partial charge is 0.394 e. The summed E-state index contributed by atoms with van der Waals surface area (Å²) in [5, 5.41) is 48.4. The number of hydrogen-bond acceptors (Lipinski definition) is 6. The van der Waals surface area contributed by atoms with E-state index in [-0.39, 0.29) is 12.5 Å². The van der Waals surface area contributed by atoms with Gasteiger partial charge in [0.25, 0.3) is 0 Å². The summed E-state index contributed by atoms with van der Waals surface area (Å²) >= 11 is 3.43. The smallest absolute Gasteiger partial charge is 0.222 e. The van der Waals surface area contributed by atoms with Crippen LogP contribution in [0.15, 0.2) is 0 Å². The third-order valence-electron chi connectivity index (χ3n) is 4.74. The number of aliphatic hydroxyl groups excluding tert-OH is 5. The summed E-state index contributed by atoms with van der Waals surface area (Å²) in [5.74, 6) is -0.131. The molecule has 27 heavy (non-hydrogen) atoms. The lowest BCUT2D eigenvalue weighted by atomic mass is 10.0. The van der Waals surface area contributed by atoms with Crippen LogP contribution in [0.5, 0.6) is 0 Å². The molecule has 4 atom stereocenters. The number of halogens is 1. The molecule has 0 rings (SSSR count). The number of aliphatic hydroxyl groups is 5. The van der Waals surface area contributed by atoms with E-state index in [1.807, 2.05) is 0 Å². The molecule has 0 aliphatic carbocycles. The van der Waals surface area contributed by atoms with Gasteiger partial charge < -0.3 is 30.4 Å². The molecule has 0 radical (unpaired) electrons. The Morgan fingerprint density at radius 2 is 1.26 bits per heavy atom. The highest BCUT2D eigenvalue weighted by atomic mass is 79.9. The first kappa shape index (κ1) is 26.8. The molecule has 0 aromatic carbocycles. The summed E-state index contributed by atoms with van der Waals surface area (Å²) in [6.45, 7) is -0.875. The van der Waals surface area contributed by atoms with Crippen molar-refractivity contribution in [1.29, 1.82) is 0 Å². The first-order valence-electron chi connectivity index (χ1n) is 9.98. The van der Waals surface area contributed by atoms with Crippen LogP contribution >= 0.6 is 15.9 Å². The number of unbranched alkanes of at least 4 members (excludes halogenated alkanes) is 8. The van der Waals surface area contributed by atoms with E-state index >= 15 is 0 Å². The molecule has 0 spiro atoms. The molecule has 0 saturated carbocycles. The molecule has 7 nitrogen and oxygen atoms in total. The minimum Gasteiger partial charge on any atom is -0.394 e. The third-order valence-corrected chi connectivity index (χ3v) is 5.30. The second-order valence-electron chi connectivity index (χ2n) is 7.19. The van der Waals surface area contributed by atoms with Crippen LogP contribution in [0.25, 0.3) is 0 Å². The summed E-state index contributed by atoms with van der Waals surface area (Å²) in [4.78, 5) is 13.4. The Hall–Kier alpha value is -0.250. The van der Waals surface area contributed by atoms with E-state index in [1.54, 1.807) is 0 Å². The van der Waals surface area contributed by atoms with Crippen LogP contribution in [-0.4, -0.2) is 86.3 Å². The van der Waals surface area contributed by atoms with E-state index in [0.29, 0.717) is 6.42 Å². The van der Waals surface area contributed by atoms with Gasteiger partial charge >= 0.3 is 0 Å². The van der Waals surface area contributed by atoms with Gasteiger partial charge in [-0.2, -0.15) is 0 Å². The van der Waals surface area contributed by atoms with Gasteiger partial charge in [-0.05, 0) is 12.8 Å². The average Bonchev–Trinajstić information content (AvgIpc) is 2.67. The highest BCUT2D eigenvalue weighted by Crippen LogP contribution is 2.12. The van der Waals surface area contributed by atoms with Gasteiger partial charge in [-0.15, -0.1) is 0 Å². The highest BCUT2D eigenvalue weighted by molar-refractivity contribution is 9.09. The lowest BCUT2D eigenvalue weighted by molar-refractivity contribution is -0.138. The van der Waals surface area contributed by atoms with E-state index < -0.39 is 31.0 Å². The van der Waals surface area contributed by atoms with Gasteiger partial charge in [0.1, 0.15) is 24.4 Å². The molecule has 0 fully saturated rings. The number of rotatable bonds is 17. The summed E-state index contributed by atoms with van der Waals surface area (Å²) in [7, 11) is 1.53. The standard InChI is InChI=1S/C19H38BrNO6/c1-21(13-15(23)18(26)19(27)16(24)14-22)17(25)11-9-7-5-3-2-4-6-8-10-12-20/h15-16,18-19,22-24,26-27H,2-14H2,1H3/t15-,16+,18+,19+/m0/s1. The molecule has 8 heteroatoms. The van der Waals surface area contributed by atoms with E-state index in [1.165, 1.54) is 50.5 Å². The van der Waals surface area contributed by atoms with Crippen LogP contribution in [0.4, 0.5) is 0 Å². The van der Waals surface area contributed by atoms with Crippen molar-refractivity contribution < 1.29 is 30.3 Å². The quantitative estimate of drug-likeness (QED) is 0.166. The molecule has 0 aromatic rings. The maximum absolute atomic E-state index is 12.1. The topological polar surface area (TPSA) is 121 Å². The van der Waals surface area contributed by atoms with E-state index in [4.69, 9.17) is 5.11 Å². The van der Waals surface area contributed by atoms with Gasteiger partial charge in [0.2, 0.25) is 5.91 Å². The maximum Gasteiger partial charge on any atom is 0.222 e. The fourth-order valence-electron chi connectivity index (χ4n) is 2.85. The number of hydrogen-bond donors (Lipinski definition) is 5. The van der Waals surface area contributed by atoms with Crippen molar-refractivity contribution in [3.05, 3.63) is 0 Å². The van der Waals surface area contributed by atoms with Gasteiger partial charge in [0, 0.05) is 25.3 Å². The van der Waals surface area contributed by atoms with Crippen molar-refractivity contribution in [3.63, 3.8) is 0 Å². The van der Waals surface area contributed by atoms with Gasteiger partial charge in [0.15, 0.2) is 0 Å². The van der Waals surface area contributed by atoms with Crippen molar-refractivity contribution >= 4 is 21.8 Å². The fourth-order valence-corrected chi connectivity index (χ4v) is 3.25. The zero-order valence-corrected chi connectivity index (χ0v) is 18.1. The predicted octanol–water partition coefficient (Wildman–Crippen LogP) is 1.18. The number of nitrogens with zero attached hydrogens (tertiary/aromatic N) is 1. The summed E-state index contributed by atoms with van der Waals surface area (Å²) in [6, 6.07) is 0. The molecule has 0 heterocycles. The first-order chi connectivity index (χ1) is 12.8. The monoisotopic (exact) mass is 455 g/mol. The Morgan fingerprint density at radius 3 is 1.74 bits per heavy atom. The van der Waals surface area contributed by atoms with Crippen molar-refractivity contribution in [2.24, 2.45) is 0 Å². The van der Waals surface area contributed by atoms with Crippen LogP contribution in [-0.2, 0) is 4.79 Å². The molecular formula is C19H38BrNO6. The summed E-state index contributed by atoms with van der Waals surface area (Å²) in [6.07, 6.45) is 4.52. The number of alkyl halides is 1. The molecule has 0 aliphatic heterocycles. The number of amides is 1. The predicted molar refractivity (Wildman–Crippen MR) is 109 cm³/mol. The summed E-state index contributed by atoms with van der Waals surface area (Å²) < 4.78 is 0. The zero-order chi connectivity index (χ0) is 20.7. The number of carbonyl (C=O) groups is 1. The molecule has 0 bridgehead atoms. The SMILES string of the molecule is CN(C[C@H](O)[C@@H](O)[C@H](O)[C@H](O)CO)C(=O)CCCCCCCCCCCBr. The van der Waals surface area contributed by atoms with E-state index in [0.717, 1.165) is 24.6 Å². The van der Waals surface area contributed by atoms with Crippen LogP contribution in [0, 0.1) is 0 Å². The normalized spacial score (nSPS) is 16.0. The van der Waals surface area contributed by atoms with Crippen molar-refractivity contribution in [1.82, 2.24) is 4.90 Å². The van der Waals surface area contributed by atoms with Gasteiger partial charge in [-0.25, -0.2) is 0 Å². The Labute approximate surface area is 171 Å². The summed E-state index contributed by atoms with van der Waals surface area (Å²) in [5.41, 5.74) is 0. The van der Waals surface area contributed by atoms with Crippen LogP contribution in [0.3, 0.4) is 0 Å². The Morgan fingerprint density at radius 1 is 0.815 bits per heavy atom. The molecule has 1 amide bonds. The van der Waals surface area contributed by atoms with Crippen LogP contribution in [0.2, 0.25) is 0 Å². The second kappa shape index (κ2) is 16.7.